The molecule has 1 atom stereocenters. The monoisotopic (exact) mass is 551 g/mol. The Bertz CT molecular complexity index is 1320. The van der Waals surface area contributed by atoms with Crippen molar-refractivity contribution in [3.8, 4) is 5.75 Å². The van der Waals surface area contributed by atoms with Crippen LogP contribution in [0.4, 0.5) is 21.8 Å². The summed E-state index contributed by atoms with van der Waals surface area (Å²) in [7, 11) is -2.30. The van der Waals surface area contributed by atoms with Crippen molar-refractivity contribution in [3.05, 3.63) is 45.5 Å². The van der Waals surface area contributed by atoms with Crippen LogP contribution in [0.5, 0.6) is 5.75 Å². The molecular weight excluding hydrogens is 521 g/mol. The molecular formula is C24H31ClFN7O3S. The molecule has 10 nitrogen and oxygen atoms in total. The molecule has 37 heavy (non-hydrogen) atoms. The second-order valence-corrected chi connectivity index (χ2v) is 12.2. The molecule has 2 fully saturated rings. The summed E-state index contributed by atoms with van der Waals surface area (Å²) >= 11 is 6.29. The van der Waals surface area contributed by atoms with Crippen LogP contribution in [0, 0.1) is 5.82 Å². The van der Waals surface area contributed by atoms with Gasteiger partial charge in [0.1, 0.15) is 16.6 Å². The summed E-state index contributed by atoms with van der Waals surface area (Å²) in [6.45, 7) is 4.61. The Kier molecular flexibility index (Phi) is 8.20. The van der Waals surface area contributed by atoms with E-state index in [0.717, 1.165) is 25.8 Å². The molecule has 2 aliphatic rings. The summed E-state index contributed by atoms with van der Waals surface area (Å²) in [6, 6.07) is 3.14. The van der Waals surface area contributed by atoms with Gasteiger partial charge >= 0.3 is 0 Å². The highest BCUT2D eigenvalue weighted by molar-refractivity contribution is 7.95. The fraction of sp³-hybridized carbons (Fsp3) is 0.458. The maximum absolute atomic E-state index is 15.1. The Morgan fingerprint density at radius 3 is 2.73 bits per heavy atom. The number of hydrogen-bond acceptors (Lipinski definition) is 10. The van der Waals surface area contributed by atoms with Gasteiger partial charge in [0.05, 0.1) is 28.9 Å². The highest BCUT2D eigenvalue weighted by atomic mass is 35.5. The largest absolute Gasteiger partial charge is 0.488 e. The van der Waals surface area contributed by atoms with E-state index < -0.39 is 20.1 Å². The first kappa shape index (κ1) is 27.1. The van der Waals surface area contributed by atoms with Crippen LogP contribution in [0.15, 0.2) is 34.0 Å². The number of hydrogen-bond donors (Lipinski definition) is 4. The minimum absolute atomic E-state index is 0.0149. The number of sulfone groups is 1. The Hall–Kier alpha value is -2.96. The number of nitrogens with zero attached hydrogens (tertiary/aromatic N) is 3. The van der Waals surface area contributed by atoms with Gasteiger partial charge in [0.2, 0.25) is 5.95 Å². The Labute approximate surface area is 220 Å². The van der Waals surface area contributed by atoms with Crippen molar-refractivity contribution in [2.45, 2.75) is 50.4 Å². The van der Waals surface area contributed by atoms with E-state index in [4.69, 9.17) is 22.1 Å². The van der Waals surface area contributed by atoms with E-state index in [2.05, 4.69) is 30.9 Å². The van der Waals surface area contributed by atoms with Crippen molar-refractivity contribution in [2.75, 3.05) is 30.8 Å². The number of halogens is 2. The smallest absolute Gasteiger partial charge is 0.229 e. The standard InChI is InChI=1S/C24H31ClFN7O3S/c1-13(2)37(34,35)22(27)20(12-28-3)31-23-17(25)11-30-24(33-23)32-19-9-18(26)16(14-6-7-29-10-14)8-21(19)36-15-4-5-15/h8-9,11-15,29H,4-7,10,27H2,1-3H3,(H2,30,31,32,33). The summed E-state index contributed by atoms with van der Waals surface area (Å²) < 4.78 is 46.4. The molecule has 0 amide bonds. The van der Waals surface area contributed by atoms with Crippen molar-refractivity contribution in [1.29, 1.82) is 0 Å². The topological polar surface area (TPSA) is 144 Å². The van der Waals surface area contributed by atoms with E-state index in [1.807, 2.05) is 0 Å². The third-order valence-corrected chi connectivity index (χ3v) is 8.46. The predicted molar refractivity (Wildman–Crippen MR) is 144 cm³/mol. The van der Waals surface area contributed by atoms with Crippen molar-refractivity contribution in [3.63, 3.8) is 0 Å². The van der Waals surface area contributed by atoms with E-state index in [-0.39, 0.29) is 40.3 Å². The molecule has 4 rings (SSSR count). The number of ether oxygens (including phenoxy) is 1. The summed E-state index contributed by atoms with van der Waals surface area (Å²) in [5.74, 6) is 0.443. The minimum atomic E-state index is -3.78. The Balaban J connectivity index is 1.66. The number of rotatable bonds is 10. The second kappa shape index (κ2) is 11.2. The van der Waals surface area contributed by atoms with E-state index in [1.165, 1.54) is 39.4 Å². The number of nitrogens with one attached hydrogen (secondary N) is 3. The molecule has 1 aromatic carbocycles. The van der Waals surface area contributed by atoms with Crippen LogP contribution in [0.25, 0.3) is 0 Å². The Morgan fingerprint density at radius 2 is 2.11 bits per heavy atom. The van der Waals surface area contributed by atoms with E-state index in [1.54, 1.807) is 6.07 Å². The fourth-order valence-corrected chi connectivity index (χ4v) is 4.88. The number of allylic oxidation sites excluding steroid dienone is 1. The fourth-order valence-electron chi connectivity index (χ4n) is 3.82. The van der Waals surface area contributed by atoms with Crippen molar-refractivity contribution in [1.82, 2.24) is 15.3 Å². The summed E-state index contributed by atoms with van der Waals surface area (Å²) in [6.07, 6.45) is 5.44. The lowest BCUT2D eigenvalue weighted by molar-refractivity contribution is 0.303. The van der Waals surface area contributed by atoms with Crippen LogP contribution < -0.4 is 26.4 Å². The average Bonchev–Trinajstić information content (AvgIpc) is 3.50. The van der Waals surface area contributed by atoms with Crippen molar-refractivity contribution >= 4 is 45.1 Å². The van der Waals surface area contributed by atoms with E-state index in [0.29, 0.717) is 23.5 Å². The Morgan fingerprint density at radius 1 is 1.35 bits per heavy atom. The van der Waals surface area contributed by atoms with Crippen LogP contribution in [0.1, 0.15) is 44.6 Å². The number of aromatic nitrogens is 2. The second-order valence-electron chi connectivity index (χ2n) is 9.28. The zero-order chi connectivity index (χ0) is 26.7. The molecule has 1 saturated carbocycles. The van der Waals surface area contributed by atoms with Gasteiger partial charge in [-0.2, -0.15) is 4.98 Å². The lowest BCUT2D eigenvalue weighted by atomic mass is 9.97. The summed E-state index contributed by atoms with van der Waals surface area (Å²) in [5, 5.41) is 8.10. The van der Waals surface area contributed by atoms with E-state index >= 15 is 4.39 Å². The SMILES string of the molecule is CN=CC(Nc1nc(Nc2cc(F)c(C3CCNC3)cc2OC2CC2)ncc1Cl)=C(N)S(=O)(=O)C(C)C. The van der Waals surface area contributed by atoms with Crippen molar-refractivity contribution in [2.24, 2.45) is 10.7 Å². The van der Waals surface area contributed by atoms with E-state index in [9.17, 15) is 8.42 Å². The molecule has 200 valence electrons. The molecule has 1 aliphatic heterocycles. The predicted octanol–water partition coefficient (Wildman–Crippen LogP) is 3.69. The van der Waals surface area contributed by atoms with Crippen LogP contribution in [-0.4, -0.2) is 56.1 Å². The molecule has 1 aliphatic carbocycles. The van der Waals surface area contributed by atoms with Gasteiger partial charge in [-0.15, -0.1) is 0 Å². The zero-order valence-corrected chi connectivity index (χ0v) is 22.5. The zero-order valence-electron chi connectivity index (χ0n) is 20.9. The lowest BCUT2D eigenvalue weighted by Gasteiger charge is -2.18. The van der Waals surface area contributed by atoms with Crippen molar-refractivity contribution < 1.29 is 17.5 Å². The number of anilines is 3. The molecule has 1 unspecified atom stereocenters. The number of benzene rings is 1. The lowest BCUT2D eigenvalue weighted by Crippen LogP contribution is -2.25. The van der Waals surface area contributed by atoms with Gasteiger partial charge in [0, 0.05) is 31.8 Å². The highest BCUT2D eigenvalue weighted by Crippen LogP contribution is 2.38. The van der Waals surface area contributed by atoms with Gasteiger partial charge in [0.25, 0.3) is 0 Å². The third-order valence-electron chi connectivity index (χ3n) is 6.11. The van der Waals surface area contributed by atoms with Crippen LogP contribution in [0.2, 0.25) is 5.02 Å². The first-order valence-corrected chi connectivity index (χ1v) is 14.0. The first-order valence-electron chi connectivity index (χ1n) is 12.0. The summed E-state index contributed by atoms with van der Waals surface area (Å²) in [4.78, 5) is 12.4. The molecule has 2 aromatic rings. The molecule has 0 bridgehead atoms. The van der Waals surface area contributed by atoms with Gasteiger partial charge in [-0.1, -0.05) is 11.6 Å². The van der Waals surface area contributed by atoms with Crippen LogP contribution in [-0.2, 0) is 9.84 Å². The van der Waals surface area contributed by atoms with Crippen LogP contribution in [0.3, 0.4) is 0 Å². The average molecular weight is 552 g/mol. The first-order chi connectivity index (χ1) is 17.6. The molecule has 0 spiro atoms. The maximum Gasteiger partial charge on any atom is 0.229 e. The van der Waals surface area contributed by atoms with Crippen LogP contribution >= 0.6 is 11.6 Å². The third kappa shape index (κ3) is 6.31. The van der Waals surface area contributed by atoms with Gasteiger partial charge in [-0.05, 0) is 51.3 Å². The molecule has 2 heterocycles. The molecule has 1 saturated heterocycles. The van der Waals surface area contributed by atoms with Gasteiger partial charge < -0.3 is 26.4 Å². The highest BCUT2D eigenvalue weighted by Gasteiger charge is 2.28. The summed E-state index contributed by atoms with van der Waals surface area (Å²) in [5.41, 5.74) is 6.97. The quantitative estimate of drug-likeness (QED) is 0.325. The maximum atomic E-state index is 15.1. The van der Waals surface area contributed by atoms with Gasteiger partial charge in [-0.25, -0.2) is 17.8 Å². The molecule has 0 radical (unpaired) electrons. The minimum Gasteiger partial charge on any atom is -0.488 e. The number of aliphatic imine (C=N–C) groups is 1. The molecule has 13 heteroatoms. The normalized spacial score (nSPS) is 18.8. The van der Waals surface area contributed by atoms with Gasteiger partial charge in [0.15, 0.2) is 20.7 Å². The molecule has 5 N–H and O–H groups in total. The number of nitrogens with two attached hydrogens (primary N) is 1. The van der Waals surface area contributed by atoms with Gasteiger partial charge in [-0.3, -0.25) is 4.99 Å². The molecule has 1 aromatic heterocycles.